The van der Waals surface area contributed by atoms with E-state index in [1.54, 1.807) is 37.8 Å². The van der Waals surface area contributed by atoms with Gasteiger partial charge in [0.2, 0.25) is 11.9 Å². The third-order valence-electron chi connectivity index (χ3n) is 6.77. The van der Waals surface area contributed by atoms with Gasteiger partial charge in [0.05, 0.1) is 21.0 Å². The van der Waals surface area contributed by atoms with Crippen LogP contribution < -0.4 is 11.1 Å². The number of H-pyrrole nitrogens is 1. The molecule has 3 aromatic rings. The van der Waals surface area contributed by atoms with Crippen molar-refractivity contribution in [3.8, 4) is 11.1 Å². The number of hydrogen-bond donors (Lipinski definition) is 3. The number of amides is 1. The molecule has 4 N–H and O–H groups in total. The Hall–Kier alpha value is -3.36. The Morgan fingerprint density at radius 3 is 2.41 bits per heavy atom. The lowest BCUT2D eigenvalue weighted by Gasteiger charge is -2.41. The molecule has 1 atom stereocenters. The van der Waals surface area contributed by atoms with Gasteiger partial charge in [-0.25, -0.2) is 18.4 Å². The van der Waals surface area contributed by atoms with E-state index < -0.39 is 40.0 Å². The van der Waals surface area contributed by atoms with Gasteiger partial charge in [-0.1, -0.05) is 23.7 Å². The van der Waals surface area contributed by atoms with E-state index in [9.17, 15) is 22.2 Å². The summed E-state index contributed by atoms with van der Waals surface area (Å²) in [4.78, 5) is 18.5. The van der Waals surface area contributed by atoms with Crippen molar-refractivity contribution in [3.63, 3.8) is 0 Å². The summed E-state index contributed by atoms with van der Waals surface area (Å²) in [5.74, 6) is -0.00657. The highest BCUT2D eigenvalue weighted by Crippen LogP contribution is 2.47. The average Bonchev–Trinajstić information content (AvgIpc) is 3.51. The number of nitrogens with two attached hydrogens (primary N) is 1. The van der Waals surface area contributed by atoms with Crippen LogP contribution in [0.4, 0.5) is 35.5 Å². The highest BCUT2D eigenvalue weighted by molar-refractivity contribution is 7.82. The van der Waals surface area contributed by atoms with Crippen molar-refractivity contribution in [1.82, 2.24) is 24.4 Å². The second kappa shape index (κ2) is 10.5. The van der Waals surface area contributed by atoms with Crippen molar-refractivity contribution < 1.29 is 26.9 Å². The Labute approximate surface area is 242 Å². The summed E-state index contributed by atoms with van der Waals surface area (Å²) in [6, 6.07) is 8.29. The molecule has 0 bridgehead atoms. The van der Waals surface area contributed by atoms with Crippen LogP contribution >= 0.6 is 11.6 Å². The molecule has 1 aliphatic carbocycles. The average molecular weight is 612 g/mol. The molecule has 1 aliphatic heterocycles. The summed E-state index contributed by atoms with van der Waals surface area (Å²) in [6.45, 7) is 6.54. The summed E-state index contributed by atoms with van der Waals surface area (Å²) in [7, 11) is -1.58. The Morgan fingerprint density at radius 1 is 1.17 bits per heavy atom. The van der Waals surface area contributed by atoms with E-state index in [0.717, 1.165) is 18.9 Å². The zero-order valence-electron chi connectivity index (χ0n) is 22.5. The zero-order chi connectivity index (χ0) is 29.7. The number of anilines is 3. The molecule has 1 amide bonds. The molecule has 1 saturated heterocycles. The number of ether oxygens (including phenoxy) is 1. The van der Waals surface area contributed by atoms with Gasteiger partial charge in [-0.15, -0.1) is 5.10 Å². The van der Waals surface area contributed by atoms with Gasteiger partial charge < -0.3 is 20.7 Å². The number of alkyl halides is 3. The number of nitrogens with zero attached hydrogens (tertiary/aromatic N) is 4. The molecule has 2 heterocycles. The van der Waals surface area contributed by atoms with Gasteiger partial charge in [-0.2, -0.15) is 18.2 Å². The van der Waals surface area contributed by atoms with Crippen LogP contribution in [0.25, 0.3) is 11.1 Å². The van der Waals surface area contributed by atoms with Crippen LogP contribution in [0.2, 0.25) is 5.02 Å². The third kappa shape index (κ3) is 6.28. The molecular weight excluding hydrogens is 583 g/mol. The first-order chi connectivity index (χ1) is 19.1. The van der Waals surface area contributed by atoms with E-state index in [0.29, 0.717) is 24.5 Å². The van der Waals surface area contributed by atoms with Crippen LogP contribution in [0, 0.1) is 0 Å². The van der Waals surface area contributed by atoms with Crippen molar-refractivity contribution in [1.29, 1.82) is 0 Å². The number of aromatic amines is 1. The summed E-state index contributed by atoms with van der Waals surface area (Å²) >= 11 is 6.37. The van der Waals surface area contributed by atoms with Crippen LogP contribution in [0.3, 0.4) is 0 Å². The molecule has 220 valence electrons. The van der Waals surface area contributed by atoms with E-state index >= 15 is 0 Å². The van der Waals surface area contributed by atoms with Gasteiger partial charge in [0.25, 0.3) is 0 Å². The highest BCUT2D eigenvalue weighted by Gasteiger charge is 2.54. The first kappa shape index (κ1) is 29.1. The smallest absolute Gasteiger partial charge is 0.417 e. The summed E-state index contributed by atoms with van der Waals surface area (Å²) in [5.41, 5.74) is 3.53. The quantitative estimate of drug-likeness (QED) is 0.344. The Balaban J connectivity index is 1.36. The molecule has 2 aliphatic rings. The van der Waals surface area contributed by atoms with Crippen molar-refractivity contribution in [2.45, 2.75) is 55.8 Å². The summed E-state index contributed by atoms with van der Waals surface area (Å²) < 4.78 is 63.3. The fourth-order valence-electron chi connectivity index (χ4n) is 4.78. The lowest BCUT2D eigenvalue weighted by atomic mass is 9.98. The van der Waals surface area contributed by atoms with Crippen LogP contribution in [0.1, 0.15) is 39.2 Å². The molecular formula is C26H29ClF3N7O3S. The Morgan fingerprint density at radius 2 is 1.85 bits per heavy atom. The topological polar surface area (TPSA) is 129 Å². The van der Waals surface area contributed by atoms with Crippen molar-refractivity contribution in [2.24, 2.45) is 0 Å². The number of nitrogen functional groups attached to an aromatic ring is 1. The maximum atomic E-state index is 14.1. The van der Waals surface area contributed by atoms with Crippen molar-refractivity contribution >= 4 is 46.3 Å². The van der Waals surface area contributed by atoms with Crippen LogP contribution in [0.15, 0.2) is 41.3 Å². The molecule has 0 radical (unpaired) electrons. The van der Waals surface area contributed by atoms with E-state index in [-0.39, 0.29) is 33.7 Å². The maximum absolute atomic E-state index is 14.1. The molecule has 1 unspecified atom stereocenters. The number of nitrogens with one attached hydrogen (secondary N) is 2. The van der Waals surface area contributed by atoms with E-state index in [1.165, 1.54) is 18.2 Å². The van der Waals surface area contributed by atoms with Crippen molar-refractivity contribution in [2.75, 3.05) is 30.7 Å². The first-order valence-corrected chi connectivity index (χ1v) is 14.3. The number of benzene rings is 2. The molecule has 2 fully saturated rings. The predicted molar refractivity (Wildman–Crippen MR) is 149 cm³/mol. The molecule has 1 spiro atoms. The zero-order valence-corrected chi connectivity index (χ0v) is 24.1. The minimum absolute atomic E-state index is 0.00117. The number of carbonyl (C=O) groups is 1. The minimum Gasteiger partial charge on any atom is -0.444 e. The fraction of sp³-hybridized carbons (Fsp3) is 0.423. The second-order valence-electron chi connectivity index (χ2n) is 11.0. The normalized spacial score (nSPS) is 17.9. The number of hydrogen-bond acceptors (Lipinski definition) is 7. The molecule has 5 rings (SSSR count). The third-order valence-corrected chi connectivity index (χ3v) is 8.71. The van der Waals surface area contributed by atoms with E-state index in [4.69, 9.17) is 22.1 Å². The number of rotatable bonds is 5. The first-order valence-electron chi connectivity index (χ1n) is 12.8. The number of aromatic nitrogens is 3. The predicted octanol–water partition coefficient (Wildman–Crippen LogP) is 5.58. The van der Waals surface area contributed by atoms with Crippen molar-refractivity contribution in [3.05, 3.63) is 47.0 Å². The molecule has 41 heavy (non-hydrogen) atoms. The monoisotopic (exact) mass is 611 g/mol. The van der Waals surface area contributed by atoms with Crippen LogP contribution in [-0.2, 0) is 21.9 Å². The number of carbonyl (C=O) groups excluding carboxylic acids is 1. The summed E-state index contributed by atoms with van der Waals surface area (Å²) in [6.07, 6.45) is -3.56. The molecule has 2 aromatic carbocycles. The largest absolute Gasteiger partial charge is 0.444 e. The molecule has 1 aromatic heterocycles. The lowest BCUT2D eigenvalue weighted by Crippen LogP contribution is -2.57. The van der Waals surface area contributed by atoms with Crippen LogP contribution in [0.5, 0.6) is 0 Å². The summed E-state index contributed by atoms with van der Waals surface area (Å²) in [5, 5.41) is 8.67. The van der Waals surface area contributed by atoms with Crippen LogP contribution in [-0.4, -0.2) is 65.5 Å². The molecule has 15 heteroatoms. The second-order valence-corrected chi connectivity index (χ2v) is 12.9. The van der Waals surface area contributed by atoms with Gasteiger partial charge in [0, 0.05) is 30.9 Å². The standard InChI is InChI=1S/C26H29ClF3N7O3S/c1-24(2,3)40-23(38)36-10-11-37(25(14-36)8-9-25)41(39)17-6-4-15(5-7-17)20-18(26(28,29)30)12-16(13-19(20)27)32-22-33-21(31)34-35-22/h4-7,12-13H,8-11,14H2,1-3H3,(H4,31,32,33,34,35). The molecule has 10 nitrogen and oxygen atoms in total. The van der Waals surface area contributed by atoms with E-state index in [1.807, 2.05) is 4.31 Å². The molecule has 1 saturated carbocycles. The minimum atomic E-state index is -4.72. The SMILES string of the molecule is CC(C)(C)OC(=O)N1CCN(S(=O)c2ccc(-c3c(Cl)cc(Nc4n[nH]c(N)n4)cc3C(F)(F)F)cc2)C2(CC2)C1. The maximum Gasteiger partial charge on any atom is 0.417 e. The fourth-order valence-corrected chi connectivity index (χ4v) is 6.57. The van der Waals surface area contributed by atoms with E-state index in [2.05, 4.69) is 20.5 Å². The highest BCUT2D eigenvalue weighted by atomic mass is 35.5. The lowest BCUT2D eigenvalue weighted by molar-refractivity contribution is -0.137. The van der Waals surface area contributed by atoms with Gasteiger partial charge in [-0.3, -0.25) is 0 Å². The Bertz CT molecular complexity index is 1490. The number of halogens is 4. The van der Waals surface area contributed by atoms with Gasteiger partial charge in [-0.05, 0) is 63.4 Å². The van der Waals surface area contributed by atoms with Gasteiger partial charge in [0.15, 0.2) is 0 Å². The van der Waals surface area contributed by atoms with Gasteiger partial charge >= 0.3 is 12.3 Å². The van der Waals surface area contributed by atoms with Gasteiger partial charge in [0.1, 0.15) is 16.6 Å². The Kier molecular flexibility index (Phi) is 7.45. The number of piperazine rings is 1.